The van der Waals surface area contributed by atoms with E-state index in [1.54, 1.807) is 26.0 Å². The summed E-state index contributed by atoms with van der Waals surface area (Å²) in [7, 11) is -2.40. The van der Waals surface area contributed by atoms with Gasteiger partial charge in [-0.15, -0.1) is 0 Å². The summed E-state index contributed by atoms with van der Waals surface area (Å²) in [6.45, 7) is 5.32. The average molecular weight is 480 g/mol. The molecule has 174 valence electrons. The Labute approximate surface area is 191 Å². The highest BCUT2D eigenvalue weighted by Crippen LogP contribution is 2.36. The number of aryl methyl sites for hydroxylation is 1. The Hall–Kier alpha value is -1.98. The van der Waals surface area contributed by atoms with E-state index < -0.39 is 15.6 Å². The van der Waals surface area contributed by atoms with Crippen LogP contribution in [0.15, 0.2) is 29.3 Å². The number of ether oxygens (including phenoxy) is 1. The molecule has 1 saturated carbocycles. The van der Waals surface area contributed by atoms with Crippen molar-refractivity contribution in [3.8, 4) is 17.0 Å². The lowest BCUT2D eigenvalue weighted by molar-refractivity contribution is 0.0822. The summed E-state index contributed by atoms with van der Waals surface area (Å²) in [6, 6.07) is 4.85. The quantitative estimate of drug-likeness (QED) is 0.500. The Morgan fingerprint density at radius 3 is 2.56 bits per heavy atom. The minimum Gasteiger partial charge on any atom is -0.495 e. The fourth-order valence-corrected chi connectivity index (χ4v) is 6.62. The zero-order valence-corrected chi connectivity index (χ0v) is 20.3. The molecule has 1 fully saturated rings. The predicted molar refractivity (Wildman–Crippen MR) is 124 cm³/mol. The third-order valence-electron chi connectivity index (χ3n) is 5.85. The maximum atomic E-state index is 13.3. The smallest absolute Gasteiger partial charge is 0.244 e. The van der Waals surface area contributed by atoms with E-state index in [4.69, 9.17) is 4.74 Å². The van der Waals surface area contributed by atoms with Gasteiger partial charge in [0.2, 0.25) is 10.0 Å². The molecule has 0 atom stereocenters. The van der Waals surface area contributed by atoms with Gasteiger partial charge in [-0.1, -0.05) is 11.3 Å². The van der Waals surface area contributed by atoms with Crippen molar-refractivity contribution in [2.45, 2.75) is 69.1 Å². The zero-order valence-electron chi connectivity index (χ0n) is 18.6. The van der Waals surface area contributed by atoms with Gasteiger partial charge >= 0.3 is 0 Å². The first kappa shape index (κ1) is 23.2. The number of nitrogens with one attached hydrogen (secondary N) is 1. The normalized spacial score (nSPS) is 20.1. The molecule has 3 aromatic rings. The second-order valence-corrected chi connectivity index (χ2v) is 11.5. The van der Waals surface area contributed by atoms with Crippen molar-refractivity contribution in [2.24, 2.45) is 0 Å². The van der Waals surface area contributed by atoms with Crippen LogP contribution in [0.1, 0.15) is 50.1 Å². The summed E-state index contributed by atoms with van der Waals surface area (Å²) in [6.07, 6.45) is 3.84. The van der Waals surface area contributed by atoms with Crippen LogP contribution in [-0.2, 0) is 15.6 Å². The van der Waals surface area contributed by atoms with E-state index in [0.29, 0.717) is 31.2 Å². The second-order valence-electron chi connectivity index (χ2n) is 8.85. The maximum absolute atomic E-state index is 13.3. The van der Waals surface area contributed by atoms with Crippen LogP contribution >= 0.6 is 11.3 Å². The van der Waals surface area contributed by atoms with Gasteiger partial charge in [0, 0.05) is 17.8 Å². The fourth-order valence-electron chi connectivity index (χ4n) is 4.10. The SMILES string of the molecule is COc1ccc(-c2c(C)nc3sc(C(C)(C)O)cn23)cc1S(=O)(=O)N[C@H]1CC[C@@H](O)CC1. The topological polar surface area (TPSA) is 113 Å². The molecule has 4 rings (SSSR count). The molecule has 0 unspecified atom stereocenters. The molecule has 1 aliphatic rings. The first-order valence-electron chi connectivity index (χ1n) is 10.6. The third kappa shape index (κ3) is 4.42. The minimum atomic E-state index is -3.84. The van der Waals surface area contributed by atoms with Crippen molar-refractivity contribution in [3.05, 3.63) is 35.0 Å². The molecule has 1 aromatic carbocycles. The van der Waals surface area contributed by atoms with Crippen molar-refractivity contribution >= 4 is 26.3 Å². The molecule has 1 aliphatic carbocycles. The van der Waals surface area contributed by atoms with Gasteiger partial charge in [-0.05, 0) is 64.7 Å². The van der Waals surface area contributed by atoms with E-state index in [2.05, 4.69) is 9.71 Å². The number of fused-ring (bicyclic) bond motifs is 1. The van der Waals surface area contributed by atoms with Crippen molar-refractivity contribution in [1.82, 2.24) is 14.1 Å². The lowest BCUT2D eigenvalue weighted by Gasteiger charge is -2.26. The van der Waals surface area contributed by atoms with Gasteiger partial charge in [-0.2, -0.15) is 0 Å². The standard InChI is InChI=1S/C22H29N3O5S2/c1-13-20(25-12-19(22(2,3)27)31-21(25)23-13)14-5-10-17(30-4)18(11-14)32(28,29)24-15-6-8-16(26)9-7-15/h5,10-12,15-16,24,26-27H,6-9H2,1-4H3/t15-,16+. The van der Waals surface area contributed by atoms with Crippen LogP contribution in [0.25, 0.3) is 16.2 Å². The van der Waals surface area contributed by atoms with E-state index in [1.807, 2.05) is 23.6 Å². The highest BCUT2D eigenvalue weighted by atomic mass is 32.2. The number of aliphatic hydroxyl groups is 2. The molecule has 32 heavy (non-hydrogen) atoms. The first-order valence-corrected chi connectivity index (χ1v) is 12.9. The van der Waals surface area contributed by atoms with Crippen LogP contribution in [0, 0.1) is 6.92 Å². The number of aromatic nitrogens is 2. The molecule has 2 aromatic heterocycles. The Kier molecular flexibility index (Phi) is 6.10. The highest BCUT2D eigenvalue weighted by molar-refractivity contribution is 7.89. The number of imidazole rings is 1. The van der Waals surface area contributed by atoms with Crippen LogP contribution in [-0.4, -0.2) is 47.3 Å². The number of thiazole rings is 1. The molecule has 2 heterocycles. The molecule has 8 nitrogen and oxygen atoms in total. The molecule has 0 radical (unpaired) electrons. The van der Waals surface area contributed by atoms with Gasteiger partial charge in [-0.25, -0.2) is 18.1 Å². The maximum Gasteiger partial charge on any atom is 0.244 e. The molecular weight excluding hydrogens is 450 g/mol. The van der Waals surface area contributed by atoms with E-state index in [9.17, 15) is 18.6 Å². The van der Waals surface area contributed by atoms with Gasteiger partial charge in [0.25, 0.3) is 0 Å². The summed E-state index contributed by atoms with van der Waals surface area (Å²) in [4.78, 5) is 6.17. The highest BCUT2D eigenvalue weighted by Gasteiger charge is 2.28. The number of nitrogens with zero attached hydrogens (tertiary/aromatic N) is 2. The number of hydrogen-bond donors (Lipinski definition) is 3. The molecular formula is C22H29N3O5S2. The van der Waals surface area contributed by atoms with E-state index in [0.717, 1.165) is 21.2 Å². The third-order valence-corrected chi connectivity index (χ3v) is 8.69. The number of aliphatic hydroxyl groups excluding tert-OH is 1. The summed E-state index contributed by atoms with van der Waals surface area (Å²) < 4.78 is 36.6. The average Bonchev–Trinajstić information content (AvgIpc) is 3.26. The monoisotopic (exact) mass is 479 g/mol. The Bertz CT molecular complexity index is 1230. The van der Waals surface area contributed by atoms with Crippen molar-refractivity contribution in [1.29, 1.82) is 0 Å². The van der Waals surface area contributed by atoms with Crippen molar-refractivity contribution in [2.75, 3.05) is 7.11 Å². The van der Waals surface area contributed by atoms with Gasteiger partial charge < -0.3 is 14.9 Å². The van der Waals surface area contributed by atoms with E-state index in [1.165, 1.54) is 18.4 Å². The van der Waals surface area contributed by atoms with Crippen molar-refractivity contribution in [3.63, 3.8) is 0 Å². The number of rotatable bonds is 6. The molecule has 0 amide bonds. The van der Waals surface area contributed by atoms with Crippen molar-refractivity contribution < 1.29 is 23.4 Å². The van der Waals surface area contributed by atoms with Crippen LogP contribution in [0.2, 0.25) is 0 Å². The molecule has 0 bridgehead atoms. The van der Waals surface area contributed by atoms with Gasteiger partial charge in [-0.3, -0.25) is 4.40 Å². The van der Waals surface area contributed by atoms with Gasteiger partial charge in [0.05, 0.1) is 35.1 Å². The molecule has 0 saturated heterocycles. The Balaban J connectivity index is 1.75. The molecule has 3 N–H and O–H groups in total. The number of benzene rings is 1. The van der Waals surface area contributed by atoms with E-state index in [-0.39, 0.29) is 22.8 Å². The zero-order chi connectivity index (χ0) is 23.3. The molecule has 0 aliphatic heterocycles. The van der Waals surface area contributed by atoms with Crippen LogP contribution < -0.4 is 9.46 Å². The van der Waals surface area contributed by atoms with E-state index >= 15 is 0 Å². The first-order chi connectivity index (χ1) is 15.0. The lowest BCUT2D eigenvalue weighted by Crippen LogP contribution is -2.38. The summed E-state index contributed by atoms with van der Waals surface area (Å²) >= 11 is 1.40. The lowest BCUT2D eigenvalue weighted by atomic mass is 9.94. The Morgan fingerprint density at radius 1 is 1.25 bits per heavy atom. The summed E-state index contributed by atoms with van der Waals surface area (Å²) in [5, 5.41) is 20.1. The minimum absolute atomic E-state index is 0.0657. The van der Waals surface area contributed by atoms with Crippen LogP contribution in [0.5, 0.6) is 5.75 Å². The fraction of sp³-hybridized carbons (Fsp3) is 0.500. The molecule has 0 spiro atoms. The predicted octanol–water partition coefficient (Wildman–Crippen LogP) is 3.19. The number of sulfonamides is 1. The van der Waals surface area contributed by atoms with Crippen LogP contribution in [0.4, 0.5) is 0 Å². The number of methoxy groups -OCH3 is 1. The van der Waals surface area contributed by atoms with Gasteiger partial charge in [0.1, 0.15) is 10.6 Å². The number of hydrogen-bond acceptors (Lipinski definition) is 7. The summed E-state index contributed by atoms with van der Waals surface area (Å²) in [5.41, 5.74) is 1.23. The second kappa shape index (κ2) is 8.42. The Morgan fingerprint density at radius 2 is 1.94 bits per heavy atom. The molecule has 10 heteroatoms. The summed E-state index contributed by atoms with van der Waals surface area (Å²) in [5.74, 6) is 0.262. The largest absolute Gasteiger partial charge is 0.495 e. The van der Waals surface area contributed by atoms with Gasteiger partial charge in [0.15, 0.2) is 4.96 Å². The van der Waals surface area contributed by atoms with Crippen LogP contribution in [0.3, 0.4) is 0 Å².